The topological polar surface area (TPSA) is 81.1 Å². The lowest BCUT2D eigenvalue weighted by atomic mass is 9.95. The van der Waals surface area contributed by atoms with E-state index in [2.05, 4.69) is 10.4 Å². The van der Waals surface area contributed by atoms with E-state index in [0.29, 0.717) is 22.8 Å². The normalized spacial score (nSPS) is 21.3. The first-order valence-electron chi connectivity index (χ1n) is 8.81. The van der Waals surface area contributed by atoms with Crippen molar-refractivity contribution in [1.82, 2.24) is 9.78 Å². The lowest BCUT2D eigenvalue weighted by Crippen LogP contribution is -2.17. The van der Waals surface area contributed by atoms with Crippen LogP contribution in [0.1, 0.15) is 47.1 Å². The molecule has 1 aliphatic carbocycles. The molecule has 1 aromatic heterocycles. The van der Waals surface area contributed by atoms with E-state index < -0.39 is 9.84 Å². The zero-order chi connectivity index (χ0) is 18.3. The minimum atomic E-state index is -3.01. The van der Waals surface area contributed by atoms with Crippen molar-refractivity contribution in [3.8, 4) is 0 Å². The maximum absolute atomic E-state index is 12.8. The summed E-state index contributed by atoms with van der Waals surface area (Å²) in [5.74, 6) is -0.00369. The van der Waals surface area contributed by atoms with Crippen LogP contribution in [-0.2, 0) is 22.7 Å². The highest BCUT2D eigenvalue weighted by molar-refractivity contribution is 7.91. The number of nitrogens with one attached hydrogen (secondary N) is 1. The lowest BCUT2D eigenvalue weighted by Gasteiger charge is -2.17. The first kappa shape index (κ1) is 17.5. The summed E-state index contributed by atoms with van der Waals surface area (Å²) in [5, 5.41) is 7.86. The molecule has 138 valence electrons. The van der Waals surface area contributed by atoms with Gasteiger partial charge in [-0.3, -0.25) is 9.48 Å². The minimum Gasteiger partial charge on any atom is -0.319 e. The number of para-hydroxylation sites is 1. The zero-order valence-corrected chi connectivity index (χ0v) is 15.8. The number of halogens is 1. The van der Waals surface area contributed by atoms with Gasteiger partial charge in [0.25, 0.3) is 5.91 Å². The zero-order valence-electron chi connectivity index (χ0n) is 14.2. The van der Waals surface area contributed by atoms with Crippen LogP contribution in [0.4, 0.5) is 5.69 Å². The Labute approximate surface area is 157 Å². The molecule has 1 amide bonds. The van der Waals surface area contributed by atoms with Crippen LogP contribution in [0.2, 0.25) is 5.02 Å². The van der Waals surface area contributed by atoms with Gasteiger partial charge >= 0.3 is 0 Å². The Bertz CT molecular complexity index is 968. The summed E-state index contributed by atoms with van der Waals surface area (Å²) >= 11 is 6.13. The number of carbonyl (C=O) groups excluding carboxylic acids is 1. The summed E-state index contributed by atoms with van der Waals surface area (Å²) in [7, 11) is -3.01. The number of benzene rings is 1. The van der Waals surface area contributed by atoms with Crippen LogP contribution in [0.5, 0.6) is 0 Å². The van der Waals surface area contributed by atoms with E-state index >= 15 is 0 Å². The van der Waals surface area contributed by atoms with Crippen LogP contribution in [0.3, 0.4) is 0 Å². The summed E-state index contributed by atoms with van der Waals surface area (Å²) in [6.07, 6.45) is 4.22. The second kappa shape index (κ2) is 6.70. The fraction of sp³-hybridized carbons (Fsp3) is 0.444. The minimum absolute atomic E-state index is 0.104. The molecule has 1 N–H and O–H groups in total. The highest BCUT2D eigenvalue weighted by Crippen LogP contribution is 2.32. The van der Waals surface area contributed by atoms with Crippen LogP contribution >= 0.6 is 11.6 Å². The number of fused-ring (bicyclic) bond motifs is 1. The molecule has 1 aliphatic heterocycles. The summed E-state index contributed by atoms with van der Waals surface area (Å²) in [6.45, 7) is 0. The van der Waals surface area contributed by atoms with Gasteiger partial charge in [-0.1, -0.05) is 23.7 Å². The van der Waals surface area contributed by atoms with Crippen molar-refractivity contribution in [2.75, 3.05) is 16.8 Å². The van der Waals surface area contributed by atoms with E-state index in [1.165, 1.54) is 0 Å². The van der Waals surface area contributed by atoms with Crippen molar-refractivity contribution in [3.63, 3.8) is 0 Å². The van der Waals surface area contributed by atoms with Crippen LogP contribution in [0, 0.1) is 0 Å². The van der Waals surface area contributed by atoms with Crippen LogP contribution in [0.15, 0.2) is 24.3 Å². The molecule has 4 rings (SSSR count). The van der Waals surface area contributed by atoms with Gasteiger partial charge in [-0.2, -0.15) is 5.10 Å². The molecule has 0 spiro atoms. The highest BCUT2D eigenvalue weighted by atomic mass is 35.5. The first-order valence-corrected chi connectivity index (χ1v) is 11.0. The van der Waals surface area contributed by atoms with E-state index in [4.69, 9.17) is 11.6 Å². The largest absolute Gasteiger partial charge is 0.319 e. The molecule has 2 aromatic rings. The first-order chi connectivity index (χ1) is 12.4. The maximum atomic E-state index is 12.8. The van der Waals surface area contributed by atoms with E-state index in [1.807, 2.05) is 0 Å². The van der Waals surface area contributed by atoms with E-state index in [0.717, 1.165) is 36.9 Å². The van der Waals surface area contributed by atoms with Crippen molar-refractivity contribution in [2.24, 2.45) is 0 Å². The van der Waals surface area contributed by atoms with Gasteiger partial charge in [0.2, 0.25) is 0 Å². The molecular weight excluding hydrogens is 374 g/mol. The smallest absolute Gasteiger partial charge is 0.276 e. The maximum Gasteiger partial charge on any atom is 0.276 e. The van der Waals surface area contributed by atoms with Gasteiger partial charge in [0.1, 0.15) is 0 Å². The van der Waals surface area contributed by atoms with E-state index in [-0.39, 0.29) is 23.5 Å². The van der Waals surface area contributed by atoms with Gasteiger partial charge in [0.15, 0.2) is 15.5 Å². The molecule has 2 aliphatic rings. The average molecular weight is 394 g/mol. The number of hydrogen-bond donors (Lipinski definition) is 1. The number of hydrogen-bond acceptors (Lipinski definition) is 4. The molecule has 1 aromatic carbocycles. The van der Waals surface area contributed by atoms with Crippen molar-refractivity contribution < 1.29 is 13.2 Å². The molecule has 26 heavy (non-hydrogen) atoms. The fourth-order valence-corrected chi connectivity index (χ4v) is 5.70. The molecule has 1 atom stereocenters. The summed E-state index contributed by atoms with van der Waals surface area (Å²) < 4.78 is 25.5. The number of carbonyl (C=O) groups is 1. The van der Waals surface area contributed by atoms with E-state index in [1.54, 1.807) is 28.9 Å². The molecule has 0 saturated carbocycles. The van der Waals surface area contributed by atoms with Crippen molar-refractivity contribution in [2.45, 2.75) is 38.1 Å². The number of aromatic nitrogens is 2. The van der Waals surface area contributed by atoms with Gasteiger partial charge in [-0.25, -0.2) is 8.42 Å². The second-order valence-corrected chi connectivity index (χ2v) is 9.55. The van der Waals surface area contributed by atoms with Gasteiger partial charge in [-0.15, -0.1) is 0 Å². The Morgan fingerprint density at radius 1 is 1.23 bits per heavy atom. The summed E-state index contributed by atoms with van der Waals surface area (Å²) in [5.41, 5.74) is 2.90. The van der Waals surface area contributed by atoms with Crippen LogP contribution in [0.25, 0.3) is 0 Å². The quantitative estimate of drug-likeness (QED) is 0.869. The number of anilines is 1. The summed E-state index contributed by atoms with van der Waals surface area (Å²) in [6, 6.07) is 6.89. The summed E-state index contributed by atoms with van der Waals surface area (Å²) in [4.78, 5) is 12.8. The van der Waals surface area contributed by atoms with E-state index in [9.17, 15) is 13.2 Å². The molecule has 1 saturated heterocycles. The molecule has 6 nitrogen and oxygen atoms in total. The Kier molecular flexibility index (Phi) is 4.52. The lowest BCUT2D eigenvalue weighted by molar-refractivity contribution is 0.102. The van der Waals surface area contributed by atoms with Crippen LogP contribution in [-0.4, -0.2) is 35.6 Å². The molecule has 8 heteroatoms. The number of sulfone groups is 1. The van der Waals surface area contributed by atoms with Crippen molar-refractivity contribution >= 4 is 33.0 Å². The molecule has 0 radical (unpaired) electrons. The predicted octanol–water partition coefficient (Wildman–Crippen LogP) is 3.03. The Morgan fingerprint density at radius 3 is 2.73 bits per heavy atom. The predicted molar refractivity (Wildman–Crippen MR) is 101 cm³/mol. The molecule has 1 fully saturated rings. The van der Waals surface area contributed by atoms with Gasteiger partial charge in [0, 0.05) is 11.3 Å². The third-order valence-electron chi connectivity index (χ3n) is 5.10. The average Bonchev–Trinajstić information content (AvgIpc) is 3.17. The number of amides is 1. The Hall–Kier alpha value is -1.86. The SMILES string of the molecule is O=C(Nc1ccccc1Cl)c1nn([C@@H]2CCS(=O)(=O)C2)c2c1CCCC2. The molecule has 0 unspecified atom stereocenters. The van der Waals surface area contributed by atoms with Gasteiger partial charge in [-0.05, 0) is 44.2 Å². The highest BCUT2D eigenvalue weighted by Gasteiger charge is 2.34. The fourth-order valence-electron chi connectivity index (χ4n) is 3.82. The third kappa shape index (κ3) is 3.25. The standard InChI is InChI=1S/C18H20ClN3O3S/c19-14-6-2-3-7-15(14)20-18(23)17-13-5-1-4-8-16(13)22(21-17)12-9-10-26(24,25)11-12/h2-3,6-7,12H,1,4-5,8-11H2,(H,20,23)/t12-/m1/s1. The van der Waals surface area contributed by atoms with Crippen molar-refractivity contribution in [1.29, 1.82) is 0 Å². The van der Waals surface area contributed by atoms with Gasteiger partial charge in [0.05, 0.1) is 28.3 Å². The Balaban J connectivity index is 1.68. The number of rotatable bonds is 3. The van der Waals surface area contributed by atoms with Gasteiger partial charge < -0.3 is 5.32 Å². The second-order valence-electron chi connectivity index (χ2n) is 6.92. The Morgan fingerprint density at radius 2 is 2.00 bits per heavy atom. The van der Waals surface area contributed by atoms with Crippen LogP contribution < -0.4 is 5.32 Å². The molecular formula is C18H20ClN3O3S. The molecule has 0 bridgehead atoms. The monoisotopic (exact) mass is 393 g/mol. The van der Waals surface area contributed by atoms with Crippen molar-refractivity contribution in [3.05, 3.63) is 46.2 Å². The third-order valence-corrected chi connectivity index (χ3v) is 7.18. The number of nitrogens with zero attached hydrogens (tertiary/aromatic N) is 2. The molecule has 2 heterocycles.